The molecule has 0 spiro atoms. The number of amides is 2. The molecule has 3 N–H and O–H groups in total. The molecule has 1 heterocycles. The van der Waals surface area contributed by atoms with Crippen molar-refractivity contribution in [2.45, 2.75) is 6.54 Å². The van der Waals surface area contributed by atoms with Crippen molar-refractivity contribution in [2.75, 3.05) is 11.0 Å². The SMILES string of the molecule is CS(=O)(=O)Nc1ccc(CNC=C2C(=O)NC(=O)c3ccccc32)cc1. The molecule has 0 unspecified atom stereocenters. The van der Waals surface area contributed by atoms with Crippen LogP contribution in [0.2, 0.25) is 0 Å². The number of sulfonamides is 1. The van der Waals surface area contributed by atoms with Crippen molar-refractivity contribution in [2.24, 2.45) is 0 Å². The number of carbonyl (C=O) groups excluding carboxylic acids is 2. The zero-order valence-electron chi connectivity index (χ0n) is 13.9. The number of rotatable bonds is 5. The van der Waals surface area contributed by atoms with Crippen molar-refractivity contribution in [1.29, 1.82) is 0 Å². The minimum atomic E-state index is -3.31. The van der Waals surface area contributed by atoms with E-state index in [1.807, 2.05) is 0 Å². The lowest BCUT2D eigenvalue weighted by molar-refractivity contribution is -0.114. The first-order valence-electron chi connectivity index (χ1n) is 7.79. The third-order valence-corrected chi connectivity index (χ3v) is 4.35. The van der Waals surface area contributed by atoms with Gasteiger partial charge >= 0.3 is 0 Å². The van der Waals surface area contributed by atoms with E-state index in [0.29, 0.717) is 28.9 Å². The molecular formula is C18H17N3O4S. The second-order valence-electron chi connectivity index (χ2n) is 5.84. The van der Waals surface area contributed by atoms with Gasteiger partial charge in [-0.3, -0.25) is 19.6 Å². The molecular weight excluding hydrogens is 354 g/mol. The zero-order valence-corrected chi connectivity index (χ0v) is 14.8. The standard InChI is InChI=1S/C18H17N3O4S/c1-26(24,25)21-13-8-6-12(7-9-13)10-19-11-16-14-4-2-3-5-15(14)17(22)20-18(16)23/h2-9,11,19,21H,10H2,1H3,(H,20,22,23). The van der Waals surface area contributed by atoms with Crippen LogP contribution in [0.25, 0.3) is 5.57 Å². The second-order valence-corrected chi connectivity index (χ2v) is 7.59. The molecule has 26 heavy (non-hydrogen) atoms. The summed E-state index contributed by atoms with van der Waals surface area (Å²) in [5.41, 5.74) is 2.81. The Balaban J connectivity index is 1.71. The van der Waals surface area contributed by atoms with E-state index < -0.39 is 21.8 Å². The molecule has 1 aliphatic heterocycles. The summed E-state index contributed by atoms with van der Waals surface area (Å²) in [7, 11) is -3.31. The number of carbonyl (C=O) groups is 2. The topological polar surface area (TPSA) is 104 Å². The third kappa shape index (κ3) is 4.09. The van der Waals surface area contributed by atoms with E-state index in [4.69, 9.17) is 0 Å². The van der Waals surface area contributed by atoms with E-state index >= 15 is 0 Å². The molecule has 0 aromatic heterocycles. The predicted molar refractivity (Wildman–Crippen MR) is 98.6 cm³/mol. The highest BCUT2D eigenvalue weighted by Gasteiger charge is 2.26. The fourth-order valence-electron chi connectivity index (χ4n) is 2.60. The molecule has 8 heteroatoms. The maximum Gasteiger partial charge on any atom is 0.260 e. The van der Waals surface area contributed by atoms with E-state index in [0.717, 1.165) is 11.8 Å². The van der Waals surface area contributed by atoms with Crippen molar-refractivity contribution in [3.05, 3.63) is 71.4 Å². The summed E-state index contributed by atoms with van der Waals surface area (Å²) in [6.07, 6.45) is 2.66. The Morgan fingerprint density at radius 1 is 0.962 bits per heavy atom. The van der Waals surface area contributed by atoms with Gasteiger partial charge in [0.05, 0.1) is 11.8 Å². The molecule has 0 atom stereocenters. The molecule has 0 saturated carbocycles. The lowest BCUT2D eigenvalue weighted by Crippen LogP contribution is -2.36. The number of fused-ring (bicyclic) bond motifs is 1. The second kappa shape index (κ2) is 7.01. The number of nitrogens with one attached hydrogen (secondary N) is 3. The Labute approximate surface area is 151 Å². The van der Waals surface area contributed by atoms with Crippen LogP contribution in [0.5, 0.6) is 0 Å². The van der Waals surface area contributed by atoms with Crippen molar-refractivity contribution in [3.63, 3.8) is 0 Å². The van der Waals surface area contributed by atoms with Gasteiger partial charge in [-0.2, -0.15) is 0 Å². The van der Waals surface area contributed by atoms with Crippen LogP contribution < -0.4 is 15.4 Å². The van der Waals surface area contributed by atoms with Crippen molar-refractivity contribution >= 4 is 33.1 Å². The minimum absolute atomic E-state index is 0.385. The van der Waals surface area contributed by atoms with Crippen LogP contribution in [0.4, 0.5) is 5.69 Å². The summed E-state index contributed by atoms with van der Waals surface area (Å²) in [6, 6.07) is 13.8. The Kier molecular flexibility index (Phi) is 4.77. The van der Waals surface area contributed by atoms with Crippen LogP contribution in [0.1, 0.15) is 21.5 Å². The summed E-state index contributed by atoms with van der Waals surface area (Å²) < 4.78 is 24.8. The van der Waals surface area contributed by atoms with E-state index in [9.17, 15) is 18.0 Å². The van der Waals surface area contributed by atoms with Crippen LogP contribution in [-0.4, -0.2) is 26.5 Å². The molecule has 2 aromatic carbocycles. The molecule has 0 radical (unpaired) electrons. The van der Waals surface area contributed by atoms with Crippen molar-refractivity contribution in [1.82, 2.24) is 10.6 Å². The Morgan fingerprint density at radius 2 is 1.62 bits per heavy atom. The molecule has 1 aliphatic rings. The average molecular weight is 371 g/mol. The van der Waals surface area contributed by atoms with Gasteiger partial charge < -0.3 is 5.32 Å². The smallest absolute Gasteiger partial charge is 0.260 e. The minimum Gasteiger partial charge on any atom is -0.386 e. The van der Waals surface area contributed by atoms with Gasteiger partial charge in [-0.1, -0.05) is 30.3 Å². The first-order chi connectivity index (χ1) is 12.3. The largest absolute Gasteiger partial charge is 0.386 e. The van der Waals surface area contributed by atoms with Crippen molar-refractivity contribution in [3.8, 4) is 0 Å². The van der Waals surface area contributed by atoms with Gasteiger partial charge in [0.1, 0.15) is 0 Å². The molecule has 7 nitrogen and oxygen atoms in total. The van der Waals surface area contributed by atoms with Crippen LogP contribution in [0.15, 0.2) is 54.7 Å². The normalized spacial score (nSPS) is 15.3. The molecule has 134 valence electrons. The van der Waals surface area contributed by atoms with Gasteiger partial charge in [0.15, 0.2) is 0 Å². The highest BCUT2D eigenvalue weighted by atomic mass is 32.2. The van der Waals surface area contributed by atoms with E-state index in [1.165, 1.54) is 0 Å². The first-order valence-corrected chi connectivity index (χ1v) is 9.68. The van der Waals surface area contributed by atoms with Gasteiger partial charge in [0.25, 0.3) is 11.8 Å². The lowest BCUT2D eigenvalue weighted by Gasteiger charge is -2.18. The fraction of sp³-hybridized carbons (Fsp3) is 0.111. The summed E-state index contributed by atoms with van der Waals surface area (Å²) in [5.74, 6) is -0.856. The van der Waals surface area contributed by atoms with Crippen molar-refractivity contribution < 1.29 is 18.0 Å². The monoisotopic (exact) mass is 371 g/mol. The summed E-state index contributed by atoms with van der Waals surface area (Å²) in [4.78, 5) is 23.9. The molecule has 0 bridgehead atoms. The summed E-state index contributed by atoms with van der Waals surface area (Å²) in [5, 5.41) is 5.36. The van der Waals surface area contributed by atoms with Gasteiger partial charge in [0.2, 0.25) is 10.0 Å². The average Bonchev–Trinajstić information content (AvgIpc) is 2.58. The quantitative estimate of drug-likeness (QED) is 0.545. The number of anilines is 1. The Bertz CT molecular complexity index is 995. The number of hydrogen-bond donors (Lipinski definition) is 3. The third-order valence-electron chi connectivity index (χ3n) is 3.74. The molecule has 3 rings (SSSR count). The van der Waals surface area contributed by atoms with Crippen LogP contribution >= 0.6 is 0 Å². The summed E-state index contributed by atoms with van der Waals surface area (Å²) >= 11 is 0. The Morgan fingerprint density at radius 3 is 2.27 bits per heavy atom. The molecule has 0 aliphatic carbocycles. The number of imide groups is 1. The van der Waals surface area contributed by atoms with Gasteiger partial charge in [0, 0.05) is 29.6 Å². The van der Waals surface area contributed by atoms with E-state index in [-0.39, 0.29) is 0 Å². The highest BCUT2D eigenvalue weighted by Crippen LogP contribution is 2.23. The van der Waals surface area contributed by atoms with Gasteiger partial charge in [-0.15, -0.1) is 0 Å². The number of benzene rings is 2. The van der Waals surface area contributed by atoms with Crippen LogP contribution in [0, 0.1) is 0 Å². The number of hydrogen-bond acceptors (Lipinski definition) is 5. The fourth-order valence-corrected chi connectivity index (χ4v) is 3.16. The van der Waals surface area contributed by atoms with E-state index in [1.54, 1.807) is 54.7 Å². The zero-order chi connectivity index (χ0) is 18.7. The highest BCUT2D eigenvalue weighted by molar-refractivity contribution is 7.92. The summed E-state index contributed by atoms with van der Waals surface area (Å²) in [6.45, 7) is 0.437. The molecule has 0 saturated heterocycles. The first kappa shape index (κ1) is 17.7. The lowest BCUT2D eigenvalue weighted by atomic mass is 9.96. The maximum atomic E-state index is 12.1. The van der Waals surface area contributed by atoms with Gasteiger partial charge in [-0.25, -0.2) is 8.42 Å². The predicted octanol–water partition coefficient (Wildman–Crippen LogP) is 1.46. The van der Waals surface area contributed by atoms with Gasteiger partial charge in [-0.05, 0) is 23.8 Å². The maximum absolute atomic E-state index is 12.1. The van der Waals surface area contributed by atoms with Crippen LogP contribution in [-0.2, 0) is 21.4 Å². The van der Waals surface area contributed by atoms with E-state index in [2.05, 4.69) is 15.4 Å². The molecule has 2 amide bonds. The van der Waals surface area contributed by atoms with Crippen LogP contribution in [0.3, 0.4) is 0 Å². The molecule has 0 fully saturated rings. The molecule has 2 aromatic rings. The Hall–Kier alpha value is -3.13.